The molecule has 0 bridgehead atoms. The Kier molecular flexibility index (Phi) is 5.71. The highest BCUT2D eigenvalue weighted by Crippen LogP contribution is 2.37. The van der Waals surface area contributed by atoms with Crippen molar-refractivity contribution in [2.75, 3.05) is 5.33 Å². The van der Waals surface area contributed by atoms with E-state index in [9.17, 15) is 0 Å². The van der Waals surface area contributed by atoms with Crippen molar-refractivity contribution in [3.05, 3.63) is 0 Å². The summed E-state index contributed by atoms with van der Waals surface area (Å²) in [6, 6.07) is 0. The highest BCUT2D eigenvalue weighted by atomic mass is 79.9. The van der Waals surface area contributed by atoms with Gasteiger partial charge in [0.25, 0.3) is 0 Å². The van der Waals surface area contributed by atoms with Crippen LogP contribution in [0.1, 0.15) is 19.3 Å². The second-order valence-electron chi connectivity index (χ2n) is 3.28. The van der Waals surface area contributed by atoms with Crippen LogP contribution in [0.3, 0.4) is 0 Å². The first-order chi connectivity index (χ1) is 5.65. The lowest BCUT2D eigenvalue weighted by atomic mass is 9.87. The third-order valence-corrected chi connectivity index (χ3v) is 7.85. The molecule has 0 saturated heterocycles. The number of halogens is 4. The molecule has 0 nitrogen and oxygen atoms in total. The molecule has 4 heteroatoms. The number of alkyl halides is 4. The van der Waals surface area contributed by atoms with E-state index in [2.05, 4.69) is 63.7 Å². The molecule has 0 heterocycles. The maximum Gasteiger partial charge on any atom is 0.0274 e. The van der Waals surface area contributed by atoms with Crippen molar-refractivity contribution in [1.82, 2.24) is 0 Å². The highest BCUT2D eigenvalue weighted by Gasteiger charge is 2.30. The van der Waals surface area contributed by atoms with E-state index >= 15 is 0 Å². The van der Waals surface area contributed by atoms with Crippen LogP contribution in [0.5, 0.6) is 0 Å². The summed E-state index contributed by atoms with van der Waals surface area (Å²) in [6.07, 6.45) is 3.90. The minimum atomic E-state index is 0.637. The smallest absolute Gasteiger partial charge is 0.0274 e. The van der Waals surface area contributed by atoms with Gasteiger partial charge in [-0.1, -0.05) is 63.7 Å². The van der Waals surface area contributed by atoms with Crippen LogP contribution in [0.25, 0.3) is 0 Å². The van der Waals surface area contributed by atoms with Crippen LogP contribution >= 0.6 is 63.7 Å². The molecular weight excluding hydrogens is 416 g/mol. The normalized spacial score (nSPS) is 39.5. The van der Waals surface area contributed by atoms with E-state index in [0.29, 0.717) is 14.5 Å². The number of hydrogen-bond donors (Lipinski definition) is 0. The third-order valence-electron chi connectivity index (χ3n) is 2.39. The summed E-state index contributed by atoms with van der Waals surface area (Å²) >= 11 is 14.6. The van der Waals surface area contributed by atoms with Crippen LogP contribution in [-0.4, -0.2) is 19.8 Å². The summed E-state index contributed by atoms with van der Waals surface area (Å²) in [4.78, 5) is 1.96. The van der Waals surface area contributed by atoms with E-state index in [1.54, 1.807) is 0 Å². The zero-order valence-corrected chi connectivity index (χ0v) is 13.0. The summed E-state index contributed by atoms with van der Waals surface area (Å²) in [7, 11) is 0. The fraction of sp³-hybridized carbons (Fsp3) is 1.00. The van der Waals surface area contributed by atoms with Crippen molar-refractivity contribution < 1.29 is 0 Å². The summed E-state index contributed by atoms with van der Waals surface area (Å²) in [5.41, 5.74) is 0. The van der Waals surface area contributed by atoms with Crippen molar-refractivity contribution >= 4 is 63.7 Å². The second-order valence-corrected chi connectivity index (χ2v) is 7.45. The van der Waals surface area contributed by atoms with Crippen LogP contribution in [-0.2, 0) is 0 Å². The van der Waals surface area contributed by atoms with Crippen LogP contribution in [0, 0.1) is 5.92 Å². The minimum Gasteiger partial charge on any atom is -0.0916 e. The van der Waals surface area contributed by atoms with Gasteiger partial charge in [0.2, 0.25) is 0 Å². The van der Waals surface area contributed by atoms with Gasteiger partial charge in [0, 0.05) is 19.8 Å². The zero-order valence-electron chi connectivity index (χ0n) is 6.65. The topological polar surface area (TPSA) is 0 Å². The quantitative estimate of drug-likeness (QED) is 0.570. The van der Waals surface area contributed by atoms with E-state index in [0.717, 1.165) is 11.2 Å². The van der Waals surface area contributed by atoms with Crippen LogP contribution < -0.4 is 0 Å². The van der Waals surface area contributed by atoms with Crippen molar-refractivity contribution in [2.45, 2.75) is 33.7 Å². The molecule has 0 aromatic rings. The second kappa shape index (κ2) is 5.72. The molecule has 0 amide bonds. The Bertz CT molecular complexity index is 139. The molecule has 1 aliphatic rings. The largest absolute Gasteiger partial charge is 0.0916 e. The number of hydrogen-bond acceptors (Lipinski definition) is 0. The third kappa shape index (κ3) is 3.25. The molecule has 72 valence electrons. The van der Waals surface area contributed by atoms with E-state index in [-0.39, 0.29) is 0 Å². The summed E-state index contributed by atoms with van der Waals surface area (Å²) in [6.45, 7) is 0. The fourth-order valence-electron chi connectivity index (χ4n) is 1.56. The van der Waals surface area contributed by atoms with Crippen molar-refractivity contribution in [1.29, 1.82) is 0 Å². The Morgan fingerprint density at radius 1 is 1.17 bits per heavy atom. The van der Waals surface area contributed by atoms with Gasteiger partial charge in [-0.3, -0.25) is 0 Å². The average molecular weight is 428 g/mol. The lowest BCUT2D eigenvalue weighted by molar-refractivity contribution is 0.383. The first-order valence-corrected chi connectivity index (χ1v) is 8.00. The van der Waals surface area contributed by atoms with Crippen LogP contribution in [0.15, 0.2) is 0 Å². The fourth-order valence-corrected chi connectivity index (χ4v) is 3.80. The predicted octanol–water partition coefficient (Wildman–Crippen LogP) is 4.47. The van der Waals surface area contributed by atoms with Gasteiger partial charge in [0.1, 0.15) is 0 Å². The molecule has 0 radical (unpaired) electrons. The molecule has 0 aromatic heterocycles. The lowest BCUT2D eigenvalue weighted by Gasteiger charge is -2.32. The Balaban J connectivity index is 2.39. The Labute approximate surface area is 108 Å². The van der Waals surface area contributed by atoms with E-state index in [4.69, 9.17) is 0 Å². The molecule has 1 saturated carbocycles. The van der Waals surface area contributed by atoms with Gasteiger partial charge in [-0.2, -0.15) is 0 Å². The van der Waals surface area contributed by atoms with Gasteiger partial charge in [0.05, 0.1) is 0 Å². The molecule has 0 aromatic carbocycles. The van der Waals surface area contributed by atoms with E-state index < -0.39 is 0 Å². The van der Waals surface area contributed by atoms with E-state index in [1.165, 1.54) is 19.3 Å². The lowest BCUT2D eigenvalue weighted by Crippen LogP contribution is -2.30. The van der Waals surface area contributed by atoms with Gasteiger partial charge in [-0.25, -0.2) is 0 Å². The zero-order chi connectivity index (χ0) is 9.14. The van der Waals surface area contributed by atoms with Gasteiger partial charge < -0.3 is 0 Å². The van der Waals surface area contributed by atoms with E-state index in [1.807, 2.05) is 0 Å². The first-order valence-electron chi connectivity index (χ1n) is 4.13. The summed E-state index contributed by atoms with van der Waals surface area (Å²) in [5.74, 6) is 0.822. The molecule has 1 unspecified atom stereocenters. The van der Waals surface area contributed by atoms with Gasteiger partial charge in [-0.15, -0.1) is 0 Å². The van der Waals surface area contributed by atoms with Crippen LogP contribution in [0.4, 0.5) is 0 Å². The maximum absolute atomic E-state index is 3.71. The molecule has 0 spiro atoms. The standard InChI is InChI=1S/C8H12Br4/c9-4-8(12)5-1-2-6(10)7(11)3-5/h5-8H,1-4H2/t5-,6+,7-,8?/m0/s1. The molecule has 0 N–H and O–H groups in total. The Morgan fingerprint density at radius 2 is 1.83 bits per heavy atom. The molecule has 1 fully saturated rings. The molecule has 1 aliphatic carbocycles. The van der Waals surface area contributed by atoms with Gasteiger partial charge in [0.15, 0.2) is 0 Å². The highest BCUT2D eigenvalue weighted by molar-refractivity contribution is 9.12. The number of rotatable bonds is 2. The summed E-state index contributed by atoms with van der Waals surface area (Å²) < 4.78 is 0. The molecule has 1 rings (SSSR count). The predicted molar refractivity (Wildman–Crippen MR) is 69.3 cm³/mol. The first kappa shape index (κ1) is 12.0. The average Bonchev–Trinajstić information content (AvgIpc) is 2.08. The Hall–Kier alpha value is 1.92. The van der Waals surface area contributed by atoms with Crippen molar-refractivity contribution in [3.8, 4) is 0 Å². The monoisotopic (exact) mass is 424 g/mol. The molecular formula is C8H12Br4. The SMILES string of the molecule is BrCC(Br)[C@H]1CC[C@@H](Br)[C@@H](Br)C1. The molecule has 4 atom stereocenters. The minimum absolute atomic E-state index is 0.637. The summed E-state index contributed by atoms with van der Waals surface area (Å²) in [5, 5.41) is 1.06. The molecule has 12 heavy (non-hydrogen) atoms. The Morgan fingerprint density at radius 3 is 2.33 bits per heavy atom. The van der Waals surface area contributed by atoms with Crippen LogP contribution in [0.2, 0.25) is 0 Å². The van der Waals surface area contributed by atoms with Gasteiger partial charge in [-0.05, 0) is 25.2 Å². The van der Waals surface area contributed by atoms with Crippen molar-refractivity contribution in [2.24, 2.45) is 5.92 Å². The maximum atomic E-state index is 3.71. The van der Waals surface area contributed by atoms with Gasteiger partial charge >= 0.3 is 0 Å². The molecule has 0 aliphatic heterocycles. The van der Waals surface area contributed by atoms with Crippen molar-refractivity contribution in [3.63, 3.8) is 0 Å².